The molecule has 0 fully saturated rings. The van der Waals surface area contributed by atoms with Crippen molar-refractivity contribution in [2.75, 3.05) is 0 Å². The van der Waals surface area contributed by atoms with Gasteiger partial charge in [0.15, 0.2) is 0 Å². The van der Waals surface area contributed by atoms with E-state index in [2.05, 4.69) is 39.1 Å². The van der Waals surface area contributed by atoms with Gasteiger partial charge < -0.3 is 24.8 Å². The van der Waals surface area contributed by atoms with Gasteiger partial charge in [0, 0.05) is 8.80 Å². The Balaban J connectivity index is -0.000000333. The molecule has 0 bridgehead atoms. The molecule has 13 heavy (non-hydrogen) atoms. The van der Waals surface area contributed by atoms with Gasteiger partial charge in [-0.3, -0.25) is 0 Å². The maximum atomic E-state index is 2.41. The van der Waals surface area contributed by atoms with Crippen molar-refractivity contribution in [1.82, 2.24) is 0 Å². The second kappa shape index (κ2) is 8.47. The Hall–Kier alpha value is 1.16. The minimum Gasteiger partial charge on any atom is -1.00 e. The molecular formula is C9H16Cl2SiZr. The Morgan fingerprint density at radius 2 is 1.62 bits per heavy atom. The van der Waals surface area contributed by atoms with Gasteiger partial charge in [-0.1, -0.05) is 36.4 Å². The first-order valence-corrected chi connectivity index (χ1v) is 6.96. The first-order chi connectivity index (χ1) is 4.63. The van der Waals surface area contributed by atoms with Crippen molar-refractivity contribution in [1.29, 1.82) is 0 Å². The van der Waals surface area contributed by atoms with E-state index in [1.807, 2.05) is 0 Å². The topological polar surface area (TPSA) is 0 Å². The van der Waals surface area contributed by atoms with Gasteiger partial charge in [-0.25, -0.2) is 0 Å². The average molecular weight is 314 g/mol. The van der Waals surface area contributed by atoms with Crippen LogP contribution in [0.15, 0.2) is 23.3 Å². The smallest absolute Gasteiger partial charge is 1.00 e. The van der Waals surface area contributed by atoms with Gasteiger partial charge in [0.1, 0.15) is 0 Å². The van der Waals surface area contributed by atoms with E-state index >= 15 is 0 Å². The molecule has 1 atom stereocenters. The van der Waals surface area contributed by atoms with Crippen LogP contribution < -0.4 is 24.8 Å². The second-order valence-electron chi connectivity index (χ2n) is 3.49. The van der Waals surface area contributed by atoms with Crippen LogP contribution in [-0.4, -0.2) is 8.80 Å². The minimum atomic E-state index is -0.464. The third-order valence-corrected chi connectivity index (χ3v) is 4.55. The van der Waals surface area contributed by atoms with Crippen molar-refractivity contribution in [2.45, 2.75) is 32.5 Å². The number of halogens is 2. The van der Waals surface area contributed by atoms with Crippen molar-refractivity contribution in [2.24, 2.45) is 0 Å². The molecule has 0 spiro atoms. The van der Waals surface area contributed by atoms with Crippen LogP contribution in [0.2, 0.25) is 18.6 Å². The first kappa shape index (κ1) is 19.7. The maximum Gasteiger partial charge on any atom is 2.00 e. The van der Waals surface area contributed by atoms with Crippen molar-refractivity contribution in [3.8, 4) is 0 Å². The summed E-state index contributed by atoms with van der Waals surface area (Å²) < 4.78 is 0. The Morgan fingerprint density at radius 3 is 1.77 bits per heavy atom. The fourth-order valence-corrected chi connectivity index (χ4v) is 3.33. The summed E-state index contributed by atoms with van der Waals surface area (Å²) >= 11 is 0. The average Bonchev–Trinajstić information content (AvgIpc) is 2.14. The van der Waals surface area contributed by atoms with E-state index in [1.165, 1.54) is 5.57 Å². The zero-order chi connectivity index (χ0) is 7.72. The van der Waals surface area contributed by atoms with Crippen LogP contribution in [0.5, 0.6) is 0 Å². The van der Waals surface area contributed by atoms with Crippen molar-refractivity contribution >= 4 is 8.80 Å². The van der Waals surface area contributed by atoms with Crippen molar-refractivity contribution in [3.05, 3.63) is 23.3 Å². The van der Waals surface area contributed by atoms with Crippen LogP contribution >= 0.6 is 0 Å². The molecule has 0 aromatic carbocycles. The predicted octanol–water partition coefficient (Wildman–Crippen LogP) is -3.24. The van der Waals surface area contributed by atoms with E-state index in [4.69, 9.17) is 0 Å². The van der Waals surface area contributed by atoms with Crippen molar-refractivity contribution < 1.29 is 51.0 Å². The zero-order valence-electron chi connectivity index (χ0n) is 8.57. The summed E-state index contributed by atoms with van der Waals surface area (Å²) in [7, 11) is -0.464. The van der Waals surface area contributed by atoms with E-state index in [0.717, 1.165) is 5.54 Å². The monoisotopic (exact) mass is 312 g/mol. The summed E-state index contributed by atoms with van der Waals surface area (Å²) in [5.41, 5.74) is 3.95. The summed E-state index contributed by atoms with van der Waals surface area (Å²) in [5, 5.41) is 0. The van der Waals surface area contributed by atoms with Gasteiger partial charge >= 0.3 is 26.2 Å². The summed E-state index contributed by atoms with van der Waals surface area (Å²) in [6.45, 7) is 9.31. The van der Waals surface area contributed by atoms with E-state index in [-0.39, 0.29) is 51.0 Å². The number of hydrogen-bond donors (Lipinski definition) is 0. The van der Waals surface area contributed by atoms with Gasteiger partial charge in [0.25, 0.3) is 0 Å². The summed E-state index contributed by atoms with van der Waals surface area (Å²) in [4.78, 5) is 0. The van der Waals surface area contributed by atoms with Crippen LogP contribution in [0.4, 0.5) is 0 Å². The number of allylic oxidation sites excluding steroid dienone is 4. The molecule has 0 aromatic heterocycles. The predicted molar refractivity (Wildman–Crippen MR) is 50.1 cm³/mol. The SMILES string of the molecule is CC1=C(C)C([SiH](C)C)C=C1.[Cl-].[Cl-].[Zr+2]. The molecule has 0 N–H and O–H groups in total. The molecule has 1 aliphatic rings. The summed E-state index contributed by atoms with van der Waals surface area (Å²) in [6.07, 6.45) is 4.65. The molecule has 4 heteroatoms. The molecule has 0 nitrogen and oxygen atoms in total. The molecule has 0 saturated heterocycles. The quantitative estimate of drug-likeness (QED) is 0.446. The molecule has 0 saturated carbocycles. The molecular weight excluding hydrogens is 298 g/mol. The Kier molecular flexibility index (Phi) is 12.8. The maximum absolute atomic E-state index is 2.41. The Morgan fingerprint density at radius 1 is 1.15 bits per heavy atom. The Bertz CT molecular complexity index is 200. The minimum absolute atomic E-state index is 0. The summed E-state index contributed by atoms with van der Waals surface area (Å²) in [5.74, 6) is 0. The van der Waals surface area contributed by atoms with E-state index in [1.54, 1.807) is 5.57 Å². The first-order valence-electron chi connectivity index (χ1n) is 3.98. The molecule has 1 rings (SSSR count). The third kappa shape index (κ3) is 4.97. The molecule has 1 aliphatic carbocycles. The fourth-order valence-electron chi connectivity index (χ4n) is 1.51. The molecule has 0 radical (unpaired) electrons. The third-order valence-electron chi connectivity index (χ3n) is 2.39. The van der Waals surface area contributed by atoms with Gasteiger partial charge in [0.2, 0.25) is 0 Å². The van der Waals surface area contributed by atoms with Crippen LogP contribution in [0, 0.1) is 0 Å². The molecule has 0 heterocycles. The number of hydrogen-bond acceptors (Lipinski definition) is 0. The molecule has 74 valence electrons. The van der Waals surface area contributed by atoms with Crippen LogP contribution in [0.3, 0.4) is 0 Å². The van der Waals surface area contributed by atoms with E-state index in [0.29, 0.717) is 0 Å². The van der Waals surface area contributed by atoms with Gasteiger partial charge in [-0.2, -0.15) is 0 Å². The fraction of sp³-hybridized carbons (Fsp3) is 0.556. The van der Waals surface area contributed by atoms with Crippen LogP contribution in [-0.2, 0) is 26.2 Å². The normalized spacial score (nSPS) is 19.3. The van der Waals surface area contributed by atoms with Crippen molar-refractivity contribution in [3.63, 3.8) is 0 Å². The second-order valence-corrected chi connectivity index (χ2v) is 6.70. The van der Waals surface area contributed by atoms with E-state index < -0.39 is 8.80 Å². The molecule has 0 aromatic rings. The molecule has 0 amide bonds. The largest absolute Gasteiger partial charge is 2.00 e. The van der Waals surface area contributed by atoms with Gasteiger partial charge in [-0.05, 0) is 19.4 Å². The van der Waals surface area contributed by atoms with Crippen LogP contribution in [0.1, 0.15) is 13.8 Å². The standard InChI is InChI=1S/C9H16Si.2ClH.Zr/c1-7-5-6-9(8(7)2)10(3)4;;;/h5-6,9-10H,1-4H3;2*1H;/q;;;+2/p-2. The molecule has 0 aliphatic heterocycles. The number of rotatable bonds is 1. The summed E-state index contributed by atoms with van der Waals surface area (Å²) in [6, 6.07) is 0. The van der Waals surface area contributed by atoms with E-state index in [9.17, 15) is 0 Å². The van der Waals surface area contributed by atoms with Crippen LogP contribution in [0.25, 0.3) is 0 Å². The van der Waals surface area contributed by atoms with Gasteiger partial charge in [-0.15, -0.1) is 0 Å². The zero-order valence-corrected chi connectivity index (χ0v) is 13.7. The Labute approximate surface area is 115 Å². The molecule has 1 unspecified atom stereocenters. The van der Waals surface area contributed by atoms with Gasteiger partial charge in [0.05, 0.1) is 0 Å².